The third-order valence-corrected chi connectivity index (χ3v) is 2.94. The fourth-order valence-electron chi connectivity index (χ4n) is 2.15. The molecule has 1 heterocycles. The number of aromatic nitrogens is 4. The molecule has 0 aliphatic heterocycles. The van der Waals surface area contributed by atoms with Crippen LogP contribution in [0.15, 0.2) is 0 Å². The molecule has 1 atom stereocenters. The summed E-state index contributed by atoms with van der Waals surface area (Å²) in [7, 11) is 0. The van der Waals surface area contributed by atoms with Crippen LogP contribution in [0, 0.1) is 5.92 Å². The molecule has 1 fully saturated rings. The Kier molecular flexibility index (Phi) is 3.08. The van der Waals surface area contributed by atoms with Crippen molar-refractivity contribution in [2.45, 2.75) is 44.6 Å². The SMILES string of the molecule is OC(CC1CCCCC1)c1nn[nH]n1. The number of rotatable bonds is 3. The van der Waals surface area contributed by atoms with E-state index in [4.69, 9.17) is 0 Å². The molecule has 5 nitrogen and oxygen atoms in total. The molecule has 0 saturated heterocycles. The van der Waals surface area contributed by atoms with Gasteiger partial charge in [-0.25, -0.2) is 0 Å². The zero-order chi connectivity index (χ0) is 9.80. The highest BCUT2D eigenvalue weighted by Crippen LogP contribution is 2.30. The number of aromatic amines is 1. The molecule has 1 saturated carbocycles. The van der Waals surface area contributed by atoms with E-state index in [1.54, 1.807) is 0 Å². The number of aliphatic hydroxyl groups is 1. The van der Waals surface area contributed by atoms with Crippen molar-refractivity contribution in [3.05, 3.63) is 5.82 Å². The second-order valence-corrected chi connectivity index (χ2v) is 4.03. The summed E-state index contributed by atoms with van der Waals surface area (Å²) >= 11 is 0. The van der Waals surface area contributed by atoms with Gasteiger partial charge in [0.05, 0.1) is 0 Å². The Balaban J connectivity index is 1.84. The van der Waals surface area contributed by atoms with Gasteiger partial charge in [0.25, 0.3) is 0 Å². The van der Waals surface area contributed by atoms with E-state index in [0.717, 1.165) is 6.42 Å². The number of nitrogens with one attached hydrogen (secondary N) is 1. The third kappa shape index (κ3) is 2.29. The Morgan fingerprint density at radius 1 is 1.36 bits per heavy atom. The molecule has 1 unspecified atom stereocenters. The Morgan fingerprint density at radius 2 is 2.14 bits per heavy atom. The van der Waals surface area contributed by atoms with Crippen molar-refractivity contribution in [2.75, 3.05) is 0 Å². The van der Waals surface area contributed by atoms with Gasteiger partial charge >= 0.3 is 0 Å². The molecular weight excluding hydrogens is 180 g/mol. The van der Waals surface area contributed by atoms with Crippen LogP contribution in [-0.4, -0.2) is 25.7 Å². The second kappa shape index (κ2) is 4.50. The smallest absolute Gasteiger partial charge is 0.202 e. The summed E-state index contributed by atoms with van der Waals surface area (Å²) in [6.07, 6.45) is 6.63. The van der Waals surface area contributed by atoms with Crippen LogP contribution in [0.5, 0.6) is 0 Å². The van der Waals surface area contributed by atoms with Crippen LogP contribution in [0.3, 0.4) is 0 Å². The maximum absolute atomic E-state index is 9.78. The first-order valence-corrected chi connectivity index (χ1v) is 5.27. The first-order chi connectivity index (χ1) is 6.86. The third-order valence-electron chi connectivity index (χ3n) is 2.94. The molecule has 1 aliphatic rings. The van der Waals surface area contributed by atoms with Crippen LogP contribution >= 0.6 is 0 Å². The Morgan fingerprint density at radius 3 is 2.79 bits per heavy atom. The lowest BCUT2D eigenvalue weighted by molar-refractivity contribution is 0.123. The molecule has 2 rings (SSSR count). The molecule has 78 valence electrons. The van der Waals surface area contributed by atoms with Gasteiger partial charge in [-0.05, 0) is 12.3 Å². The Bertz CT molecular complexity index is 256. The van der Waals surface area contributed by atoms with E-state index >= 15 is 0 Å². The van der Waals surface area contributed by atoms with Crippen molar-refractivity contribution in [2.24, 2.45) is 5.92 Å². The number of hydrogen-bond donors (Lipinski definition) is 2. The van der Waals surface area contributed by atoms with E-state index in [1.165, 1.54) is 32.1 Å². The topological polar surface area (TPSA) is 74.7 Å². The summed E-state index contributed by atoms with van der Waals surface area (Å²) in [5.74, 6) is 1.06. The van der Waals surface area contributed by atoms with Gasteiger partial charge in [0.2, 0.25) is 5.82 Å². The summed E-state index contributed by atoms with van der Waals surface area (Å²) in [6, 6.07) is 0. The largest absolute Gasteiger partial charge is 0.385 e. The van der Waals surface area contributed by atoms with Crippen LogP contribution in [-0.2, 0) is 0 Å². The highest BCUT2D eigenvalue weighted by Gasteiger charge is 2.20. The van der Waals surface area contributed by atoms with Crippen LogP contribution in [0.4, 0.5) is 0 Å². The lowest BCUT2D eigenvalue weighted by atomic mass is 9.85. The fraction of sp³-hybridized carbons (Fsp3) is 0.889. The molecule has 0 radical (unpaired) electrons. The van der Waals surface area contributed by atoms with Crippen LogP contribution in [0.1, 0.15) is 50.5 Å². The predicted molar refractivity (Wildman–Crippen MR) is 50.3 cm³/mol. The van der Waals surface area contributed by atoms with E-state index in [2.05, 4.69) is 20.6 Å². The molecule has 0 spiro atoms. The molecule has 1 aromatic heterocycles. The van der Waals surface area contributed by atoms with E-state index in [1.807, 2.05) is 0 Å². The average Bonchev–Trinajstić information content (AvgIpc) is 2.72. The van der Waals surface area contributed by atoms with Crippen LogP contribution < -0.4 is 0 Å². The normalized spacial score (nSPS) is 20.9. The monoisotopic (exact) mass is 196 g/mol. The molecule has 0 aromatic carbocycles. The summed E-state index contributed by atoms with van der Waals surface area (Å²) in [6.45, 7) is 0. The summed E-state index contributed by atoms with van der Waals surface area (Å²) in [4.78, 5) is 0. The molecule has 2 N–H and O–H groups in total. The number of tetrazole rings is 1. The predicted octanol–water partition coefficient (Wildman–Crippen LogP) is 1.20. The van der Waals surface area contributed by atoms with Crippen molar-refractivity contribution >= 4 is 0 Å². The number of aliphatic hydroxyl groups excluding tert-OH is 1. The van der Waals surface area contributed by atoms with Gasteiger partial charge in [0, 0.05) is 0 Å². The molecule has 1 aliphatic carbocycles. The van der Waals surface area contributed by atoms with Gasteiger partial charge in [-0.3, -0.25) is 0 Å². The fourth-order valence-corrected chi connectivity index (χ4v) is 2.15. The highest BCUT2D eigenvalue weighted by molar-refractivity contribution is 4.85. The van der Waals surface area contributed by atoms with E-state index < -0.39 is 6.10 Å². The maximum Gasteiger partial charge on any atom is 0.202 e. The summed E-state index contributed by atoms with van der Waals surface area (Å²) in [5.41, 5.74) is 0. The summed E-state index contributed by atoms with van der Waals surface area (Å²) in [5, 5.41) is 23.1. The Labute approximate surface area is 82.9 Å². The van der Waals surface area contributed by atoms with Gasteiger partial charge in [-0.15, -0.1) is 10.2 Å². The van der Waals surface area contributed by atoms with Crippen LogP contribution in [0.2, 0.25) is 0 Å². The maximum atomic E-state index is 9.78. The number of H-pyrrole nitrogens is 1. The van der Waals surface area contributed by atoms with Gasteiger partial charge in [0.1, 0.15) is 6.10 Å². The molecule has 5 heteroatoms. The van der Waals surface area contributed by atoms with Crippen molar-refractivity contribution in [3.8, 4) is 0 Å². The average molecular weight is 196 g/mol. The molecular formula is C9H16N4O. The molecule has 0 amide bonds. The molecule has 0 bridgehead atoms. The zero-order valence-electron chi connectivity index (χ0n) is 8.19. The van der Waals surface area contributed by atoms with Crippen molar-refractivity contribution in [3.63, 3.8) is 0 Å². The van der Waals surface area contributed by atoms with E-state index in [-0.39, 0.29) is 0 Å². The first-order valence-electron chi connectivity index (χ1n) is 5.27. The van der Waals surface area contributed by atoms with Crippen molar-refractivity contribution < 1.29 is 5.11 Å². The Hall–Kier alpha value is -0.970. The molecule has 1 aromatic rings. The number of nitrogens with zero attached hydrogens (tertiary/aromatic N) is 3. The minimum atomic E-state index is -0.545. The lowest BCUT2D eigenvalue weighted by Gasteiger charge is -2.22. The van der Waals surface area contributed by atoms with Crippen molar-refractivity contribution in [1.29, 1.82) is 0 Å². The molecule has 14 heavy (non-hydrogen) atoms. The van der Waals surface area contributed by atoms with Gasteiger partial charge < -0.3 is 5.11 Å². The lowest BCUT2D eigenvalue weighted by Crippen LogP contribution is -2.12. The second-order valence-electron chi connectivity index (χ2n) is 4.03. The summed E-state index contributed by atoms with van der Waals surface area (Å²) < 4.78 is 0. The van der Waals surface area contributed by atoms with E-state index in [0.29, 0.717) is 11.7 Å². The van der Waals surface area contributed by atoms with E-state index in [9.17, 15) is 5.11 Å². The minimum Gasteiger partial charge on any atom is -0.385 e. The number of hydrogen-bond acceptors (Lipinski definition) is 4. The first kappa shape index (κ1) is 9.58. The van der Waals surface area contributed by atoms with Gasteiger partial charge in [-0.2, -0.15) is 5.21 Å². The van der Waals surface area contributed by atoms with Crippen LogP contribution in [0.25, 0.3) is 0 Å². The standard InChI is InChI=1S/C9H16N4O/c14-8(9-10-12-13-11-9)6-7-4-2-1-3-5-7/h7-8,14H,1-6H2,(H,10,11,12,13). The highest BCUT2D eigenvalue weighted by atomic mass is 16.3. The van der Waals surface area contributed by atoms with Gasteiger partial charge in [-0.1, -0.05) is 37.3 Å². The van der Waals surface area contributed by atoms with Crippen molar-refractivity contribution in [1.82, 2.24) is 20.6 Å². The quantitative estimate of drug-likeness (QED) is 0.761. The zero-order valence-corrected chi connectivity index (χ0v) is 8.19. The van der Waals surface area contributed by atoms with Gasteiger partial charge in [0.15, 0.2) is 0 Å². The minimum absolute atomic E-state index is 0.426.